The van der Waals surface area contributed by atoms with Gasteiger partial charge in [-0.2, -0.15) is 0 Å². The van der Waals surface area contributed by atoms with Crippen LogP contribution in [0, 0.1) is 23.7 Å². The van der Waals surface area contributed by atoms with Crippen LogP contribution in [0.2, 0.25) is 0 Å². The Hall–Kier alpha value is -2.49. The lowest BCUT2D eigenvalue weighted by Crippen LogP contribution is -2.49. The number of carbonyl (C=O) groups is 1. The second-order valence-corrected chi connectivity index (χ2v) is 15.6. The molecular weight excluding hydrogens is 581 g/mol. The Morgan fingerprint density at radius 3 is 2.72 bits per heavy atom. The van der Waals surface area contributed by atoms with Crippen molar-refractivity contribution in [2.45, 2.75) is 73.7 Å². The smallest absolute Gasteiger partial charge is 0.264 e. The zero-order chi connectivity index (χ0) is 30.4. The van der Waals surface area contributed by atoms with Gasteiger partial charge >= 0.3 is 0 Å². The number of hydrogen-bond donors (Lipinski definition) is 1. The average Bonchev–Trinajstić information content (AvgIpc) is 3.14. The number of allylic oxidation sites excluding steroid dienone is 1. The highest BCUT2D eigenvalue weighted by Gasteiger charge is 2.44. The maximum Gasteiger partial charge on any atom is 0.264 e. The Bertz CT molecular complexity index is 1510. The van der Waals surface area contributed by atoms with Crippen molar-refractivity contribution in [1.82, 2.24) is 4.72 Å². The minimum absolute atomic E-state index is 0.00623. The lowest BCUT2D eigenvalue weighted by Gasteiger charge is -2.46. The largest absolute Gasteiger partial charge is 0.490 e. The number of carbonyl (C=O) groups excluding carboxylic acids is 1. The van der Waals surface area contributed by atoms with Crippen molar-refractivity contribution < 1.29 is 22.7 Å². The maximum absolute atomic E-state index is 13.5. The molecule has 1 saturated carbocycles. The predicted molar refractivity (Wildman–Crippen MR) is 171 cm³/mol. The molecule has 9 heteroatoms. The molecule has 2 aliphatic carbocycles. The summed E-state index contributed by atoms with van der Waals surface area (Å²) in [4.78, 5) is 16.8. The SMILES string of the molecule is CO[C@H]1/C=C/C[C@H](C)[C@@H](C)C(=O)NS(=O)(=O)c2ccc3c(c2)N(C[C@@H]2CC[C@H]21)C[C@@]1(CCCc2cc(SC)ccc21)CO3. The molecule has 43 heavy (non-hydrogen) atoms. The molecule has 2 heterocycles. The molecule has 0 unspecified atom stereocenters. The number of anilines is 1. The number of aryl methyl sites for hydroxylation is 1. The Labute approximate surface area is 260 Å². The van der Waals surface area contributed by atoms with Crippen LogP contribution in [0.15, 0.2) is 58.3 Å². The van der Waals surface area contributed by atoms with Gasteiger partial charge in [0.05, 0.1) is 23.3 Å². The van der Waals surface area contributed by atoms with E-state index in [4.69, 9.17) is 9.47 Å². The second-order valence-electron chi connectivity index (χ2n) is 13.1. The Morgan fingerprint density at radius 1 is 1.14 bits per heavy atom. The predicted octanol–water partition coefficient (Wildman–Crippen LogP) is 5.96. The number of sulfonamides is 1. The van der Waals surface area contributed by atoms with Gasteiger partial charge in [-0.05, 0) is 104 Å². The monoisotopic (exact) mass is 624 g/mol. The van der Waals surface area contributed by atoms with Crippen molar-refractivity contribution in [3.05, 3.63) is 59.7 Å². The summed E-state index contributed by atoms with van der Waals surface area (Å²) in [5.74, 6) is 0.500. The molecule has 1 spiro atoms. The van der Waals surface area contributed by atoms with E-state index < -0.39 is 21.8 Å². The molecule has 1 fully saturated rings. The standard InChI is InChI=1S/C34H44N2O5S2/c1-22-7-5-9-31(40-3)28-13-10-25(28)19-36-20-34(16-6-8-24-17-26(42-4)11-14-29(24)34)21-41-32-15-12-27(18-30(32)36)43(38,39)35-33(37)23(22)2/h5,9,11-12,14-15,17-18,22-23,25,28,31H,6-8,10,13,16,19-21H2,1-4H3,(H,35,37)/b9-5+/t22-,23+,25-,28+,31-,34-/m0/s1. The van der Waals surface area contributed by atoms with Crippen molar-refractivity contribution in [3.8, 4) is 5.75 Å². The van der Waals surface area contributed by atoms with Crippen molar-refractivity contribution in [2.24, 2.45) is 23.7 Å². The average molecular weight is 625 g/mol. The van der Waals surface area contributed by atoms with Gasteiger partial charge in [0.2, 0.25) is 5.91 Å². The van der Waals surface area contributed by atoms with Crippen LogP contribution in [0.1, 0.15) is 57.1 Å². The molecule has 6 rings (SSSR count). The number of rotatable bonds is 2. The number of hydrogen-bond acceptors (Lipinski definition) is 7. The summed E-state index contributed by atoms with van der Waals surface area (Å²) in [5.41, 5.74) is 3.32. The van der Waals surface area contributed by atoms with Gasteiger partial charge in [-0.25, -0.2) is 13.1 Å². The van der Waals surface area contributed by atoms with Gasteiger partial charge in [-0.3, -0.25) is 4.79 Å². The first kappa shape index (κ1) is 30.5. The molecule has 6 atom stereocenters. The quantitative estimate of drug-likeness (QED) is 0.326. The lowest BCUT2D eigenvalue weighted by molar-refractivity contribution is -0.124. The molecule has 4 aliphatic rings. The molecule has 0 saturated heterocycles. The highest BCUT2D eigenvalue weighted by atomic mass is 32.2. The van der Waals surface area contributed by atoms with Gasteiger partial charge in [0, 0.05) is 36.4 Å². The number of fused-ring (bicyclic) bond motifs is 4. The molecule has 0 radical (unpaired) electrons. The number of amides is 1. The van der Waals surface area contributed by atoms with E-state index in [1.54, 1.807) is 44.0 Å². The number of nitrogens with zero attached hydrogens (tertiary/aromatic N) is 1. The molecule has 0 aromatic heterocycles. The van der Waals surface area contributed by atoms with Gasteiger partial charge in [0.25, 0.3) is 10.0 Å². The van der Waals surface area contributed by atoms with Crippen LogP contribution >= 0.6 is 11.8 Å². The van der Waals surface area contributed by atoms with Crippen molar-refractivity contribution >= 4 is 33.4 Å². The van der Waals surface area contributed by atoms with Crippen LogP contribution in [0.25, 0.3) is 0 Å². The van der Waals surface area contributed by atoms with E-state index in [0.717, 1.165) is 50.9 Å². The highest BCUT2D eigenvalue weighted by molar-refractivity contribution is 7.98. The fourth-order valence-corrected chi connectivity index (χ4v) is 9.05. The van der Waals surface area contributed by atoms with E-state index >= 15 is 0 Å². The molecule has 7 nitrogen and oxygen atoms in total. The molecule has 232 valence electrons. The fourth-order valence-electron chi connectivity index (χ4n) is 7.50. The summed E-state index contributed by atoms with van der Waals surface area (Å²) < 4.78 is 42.0. The number of methoxy groups -OCH3 is 1. The van der Waals surface area contributed by atoms with Crippen molar-refractivity contribution in [1.29, 1.82) is 0 Å². The first-order chi connectivity index (χ1) is 20.6. The fraction of sp³-hybridized carbons (Fsp3) is 0.559. The topological polar surface area (TPSA) is 84.9 Å². The third-order valence-electron chi connectivity index (χ3n) is 10.5. The summed E-state index contributed by atoms with van der Waals surface area (Å²) in [7, 11) is -2.28. The number of nitrogens with one attached hydrogen (secondary N) is 1. The Kier molecular flexibility index (Phi) is 8.61. The summed E-state index contributed by atoms with van der Waals surface area (Å²) in [5, 5.41) is 0. The van der Waals surface area contributed by atoms with E-state index in [0.29, 0.717) is 30.6 Å². The number of ether oxygens (including phenoxy) is 2. The summed E-state index contributed by atoms with van der Waals surface area (Å²) in [6.07, 6.45) is 12.4. The summed E-state index contributed by atoms with van der Waals surface area (Å²) in [6.45, 7) is 5.85. The van der Waals surface area contributed by atoms with Crippen LogP contribution in [-0.4, -0.2) is 53.5 Å². The van der Waals surface area contributed by atoms with Crippen LogP contribution < -0.4 is 14.4 Å². The third-order valence-corrected chi connectivity index (χ3v) is 12.6. The van der Waals surface area contributed by atoms with Crippen LogP contribution in [0.5, 0.6) is 5.75 Å². The first-order valence-corrected chi connectivity index (χ1v) is 18.3. The molecule has 2 aromatic rings. The minimum Gasteiger partial charge on any atom is -0.490 e. The molecule has 2 aromatic carbocycles. The van der Waals surface area contributed by atoms with Crippen molar-refractivity contribution in [3.63, 3.8) is 0 Å². The zero-order valence-corrected chi connectivity index (χ0v) is 27.3. The minimum atomic E-state index is -4.06. The van der Waals surface area contributed by atoms with E-state index in [-0.39, 0.29) is 22.3 Å². The Morgan fingerprint density at radius 2 is 1.98 bits per heavy atom. The first-order valence-electron chi connectivity index (χ1n) is 15.6. The highest BCUT2D eigenvalue weighted by Crippen LogP contribution is 2.47. The van der Waals surface area contributed by atoms with E-state index in [9.17, 15) is 13.2 Å². The second kappa shape index (κ2) is 12.1. The summed E-state index contributed by atoms with van der Waals surface area (Å²) in [6, 6.07) is 11.9. The number of benzene rings is 2. The lowest BCUT2D eigenvalue weighted by atomic mass is 9.68. The van der Waals surface area contributed by atoms with Crippen molar-refractivity contribution in [2.75, 3.05) is 38.0 Å². The third kappa shape index (κ3) is 5.85. The van der Waals surface area contributed by atoms with Crippen LogP contribution in [-0.2, 0) is 31.4 Å². The van der Waals surface area contributed by atoms with Gasteiger partial charge in [0.15, 0.2) is 0 Å². The van der Waals surface area contributed by atoms with E-state index in [2.05, 4.69) is 46.2 Å². The van der Waals surface area contributed by atoms with Gasteiger partial charge in [-0.15, -0.1) is 11.8 Å². The molecule has 2 aliphatic heterocycles. The summed E-state index contributed by atoms with van der Waals surface area (Å²) >= 11 is 1.77. The molecule has 1 amide bonds. The van der Waals surface area contributed by atoms with Gasteiger partial charge in [-0.1, -0.05) is 32.1 Å². The van der Waals surface area contributed by atoms with Crippen LogP contribution in [0.4, 0.5) is 5.69 Å². The maximum atomic E-state index is 13.5. The van der Waals surface area contributed by atoms with E-state index in [1.807, 2.05) is 6.92 Å². The van der Waals surface area contributed by atoms with Gasteiger partial charge in [0.1, 0.15) is 5.75 Å². The normalized spacial score (nSPS) is 32.8. The molecule has 2 bridgehead atoms. The van der Waals surface area contributed by atoms with E-state index in [1.165, 1.54) is 16.0 Å². The van der Waals surface area contributed by atoms with Gasteiger partial charge < -0.3 is 14.4 Å². The zero-order valence-electron chi connectivity index (χ0n) is 25.7. The number of thioether (sulfide) groups is 1. The Balaban J connectivity index is 1.44. The molecule has 1 N–H and O–H groups in total. The van der Waals surface area contributed by atoms with Crippen LogP contribution in [0.3, 0.4) is 0 Å². The molecular formula is C34H44N2O5S2.